The number of benzene rings is 3. The molecule has 3 amide bonds. The van der Waals surface area contributed by atoms with Gasteiger partial charge < -0.3 is 50.5 Å². The number of ether oxygens (including phenoxy) is 5. The summed E-state index contributed by atoms with van der Waals surface area (Å²) >= 11 is 0. The Morgan fingerprint density at radius 3 is 1.19 bits per heavy atom. The van der Waals surface area contributed by atoms with E-state index in [-0.39, 0.29) is 18.0 Å². The van der Waals surface area contributed by atoms with Crippen LogP contribution in [0.4, 0.5) is 35.8 Å². The van der Waals surface area contributed by atoms with Crippen molar-refractivity contribution < 1.29 is 57.4 Å². The van der Waals surface area contributed by atoms with E-state index in [9.17, 15) is 39.0 Å². The number of nitrogens with zero attached hydrogens (tertiary/aromatic N) is 2. The Kier molecular flexibility index (Phi) is 25.9. The summed E-state index contributed by atoms with van der Waals surface area (Å²) in [5.74, 6) is 0.856. The molecule has 19 nitrogen and oxygen atoms in total. The number of nitro benzene ring substituents is 2. The topological polar surface area (TPSA) is 266 Å². The number of nitro groups is 2. The maximum absolute atomic E-state index is 12.1. The highest BCUT2D eigenvalue weighted by Gasteiger charge is 2.17. The van der Waals surface area contributed by atoms with Gasteiger partial charge in [-0.3, -0.25) is 20.2 Å². The number of nitrogens with one attached hydrogen (secondary N) is 3. The van der Waals surface area contributed by atoms with Crippen molar-refractivity contribution in [3.63, 3.8) is 0 Å². The van der Waals surface area contributed by atoms with Crippen molar-refractivity contribution in [2.75, 3.05) is 45.2 Å². The number of amides is 3. The number of aliphatic hydroxyl groups excluding tert-OH is 1. The maximum Gasteiger partial charge on any atom is 0.407 e. The number of nitrogens with two attached hydrogens (primary N) is 1. The van der Waals surface area contributed by atoms with Gasteiger partial charge in [-0.1, -0.05) is 0 Å². The minimum absolute atomic E-state index is 0.0222. The lowest BCUT2D eigenvalue weighted by Crippen LogP contribution is -2.33. The molecule has 0 saturated heterocycles. The number of aliphatic hydroxyl groups is 1. The Hall–Kier alpha value is -6.44. The van der Waals surface area contributed by atoms with E-state index in [2.05, 4.69) is 16.0 Å². The maximum atomic E-state index is 12.1. The van der Waals surface area contributed by atoms with Gasteiger partial charge >= 0.3 is 18.3 Å². The Bertz CT molecular complexity index is 1760. The molecule has 0 aliphatic heterocycles. The third-order valence-electron chi connectivity index (χ3n) is 6.48. The first kappa shape index (κ1) is 55.6. The molecule has 0 atom stereocenters. The zero-order valence-electron chi connectivity index (χ0n) is 37.0. The van der Waals surface area contributed by atoms with Crippen molar-refractivity contribution in [3.8, 4) is 11.5 Å². The lowest BCUT2D eigenvalue weighted by Gasteiger charge is -2.19. The summed E-state index contributed by atoms with van der Waals surface area (Å²) in [6, 6.07) is 17.4. The second-order valence-corrected chi connectivity index (χ2v) is 15.8. The van der Waals surface area contributed by atoms with Crippen LogP contribution in [-0.2, 0) is 14.2 Å². The van der Waals surface area contributed by atoms with E-state index < -0.39 is 50.7 Å². The first-order valence-corrected chi connectivity index (χ1v) is 19.6. The summed E-state index contributed by atoms with van der Waals surface area (Å²) in [5.41, 5.74) is 4.77. The van der Waals surface area contributed by atoms with Gasteiger partial charge in [0.15, 0.2) is 0 Å². The summed E-state index contributed by atoms with van der Waals surface area (Å²) in [4.78, 5) is 53.1. The molecule has 0 unspecified atom stereocenters. The molecule has 0 fully saturated rings. The molecule has 0 bridgehead atoms. The average molecular weight is 879 g/mol. The number of hydrogen-bond donors (Lipinski definition) is 5. The fourth-order valence-electron chi connectivity index (χ4n) is 3.91. The van der Waals surface area contributed by atoms with Crippen molar-refractivity contribution in [2.45, 2.75) is 98.4 Å². The second kappa shape index (κ2) is 28.9. The summed E-state index contributed by atoms with van der Waals surface area (Å²) in [6.07, 6.45) is 0.577. The van der Waals surface area contributed by atoms with Crippen LogP contribution in [0.2, 0.25) is 0 Å². The van der Waals surface area contributed by atoms with Gasteiger partial charge in [-0.2, -0.15) is 0 Å². The SMILES string of the molecule is CC(C)(C)OC(=O)NCCCO.CC(C)(C)OC(=O)NCCCOc1ccc(N)cc1.CC(C)(C)OC(=O)NCCCOc1ccc([N+](=O)[O-])cc1.O=[N+]([O-])c1ccc(F)cc1. The van der Waals surface area contributed by atoms with Crippen molar-refractivity contribution in [2.24, 2.45) is 0 Å². The highest BCUT2D eigenvalue weighted by Crippen LogP contribution is 2.18. The number of hydrogen-bond acceptors (Lipinski definition) is 14. The number of rotatable bonds is 15. The minimum atomic E-state index is -0.570. The smallest absolute Gasteiger partial charge is 0.407 e. The van der Waals surface area contributed by atoms with Gasteiger partial charge in [-0.25, -0.2) is 18.8 Å². The molecule has 0 aliphatic carbocycles. The van der Waals surface area contributed by atoms with E-state index >= 15 is 0 Å². The van der Waals surface area contributed by atoms with Crippen LogP contribution >= 0.6 is 0 Å². The van der Waals surface area contributed by atoms with E-state index in [1.807, 2.05) is 32.9 Å². The monoisotopic (exact) mass is 878 g/mol. The molecule has 62 heavy (non-hydrogen) atoms. The van der Waals surface area contributed by atoms with E-state index in [0.717, 1.165) is 30.0 Å². The van der Waals surface area contributed by atoms with Crippen LogP contribution in [0.3, 0.4) is 0 Å². The van der Waals surface area contributed by atoms with Gasteiger partial charge in [-0.15, -0.1) is 0 Å². The van der Waals surface area contributed by atoms with Gasteiger partial charge in [0.2, 0.25) is 0 Å². The predicted octanol–water partition coefficient (Wildman–Crippen LogP) is 8.08. The lowest BCUT2D eigenvalue weighted by molar-refractivity contribution is -0.385. The number of alkyl carbamates (subject to hydrolysis) is 3. The molecule has 0 spiro atoms. The molecule has 0 heterocycles. The number of carbonyl (C=O) groups is 3. The quantitative estimate of drug-likeness (QED) is 0.0318. The molecule has 0 saturated carbocycles. The van der Waals surface area contributed by atoms with Gasteiger partial charge in [0.05, 0.1) is 23.1 Å². The Labute approximate surface area is 362 Å². The van der Waals surface area contributed by atoms with Crippen molar-refractivity contribution >= 4 is 35.3 Å². The number of non-ortho nitro benzene ring substituents is 2. The van der Waals surface area contributed by atoms with E-state index in [1.54, 1.807) is 65.8 Å². The summed E-state index contributed by atoms with van der Waals surface area (Å²) < 4.78 is 38.2. The van der Waals surface area contributed by atoms with Gasteiger partial charge in [0, 0.05) is 56.2 Å². The van der Waals surface area contributed by atoms with Crippen LogP contribution in [0, 0.1) is 26.0 Å². The zero-order chi connectivity index (χ0) is 47.4. The third-order valence-corrected chi connectivity index (χ3v) is 6.48. The molecule has 3 aromatic carbocycles. The Morgan fingerprint density at radius 2 is 0.887 bits per heavy atom. The highest BCUT2D eigenvalue weighted by atomic mass is 19.1. The summed E-state index contributed by atoms with van der Waals surface area (Å²) in [5, 5.41) is 36.7. The molecule has 0 radical (unpaired) electrons. The van der Waals surface area contributed by atoms with Gasteiger partial charge in [-0.05, 0) is 130 Å². The molecule has 3 rings (SSSR count). The molecule has 346 valence electrons. The summed E-state index contributed by atoms with van der Waals surface area (Å²) in [7, 11) is 0. The first-order valence-electron chi connectivity index (χ1n) is 19.6. The number of anilines is 1. The summed E-state index contributed by atoms with van der Waals surface area (Å²) in [6.45, 7) is 18.7. The molecule has 0 aromatic heterocycles. The number of nitrogen functional groups attached to an aromatic ring is 1. The van der Waals surface area contributed by atoms with Crippen LogP contribution in [0.5, 0.6) is 11.5 Å². The van der Waals surface area contributed by atoms with Crippen LogP contribution in [-0.4, -0.2) is 89.5 Å². The molecular weight excluding hydrogens is 815 g/mol. The normalized spacial score (nSPS) is 10.6. The fourth-order valence-corrected chi connectivity index (χ4v) is 3.91. The molecule has 6 N–H and O–H groups in total. The van der Waals surface area contributed by atoms with E-state index in [0.29, 0.717) is 63.5 Å². The second-order valence-electron chi connectivity index (χ2n) is 15.8. The predicted molar refractivity (Wildman–Crippen MR) is 232 cm³/mol. The van der Waals surface area contributed by atoms with Crippen LogP contribution < -0.4 is 31.2 Å². The molecule has 20 heteroatoms. The number of halogens is 1. The fraction of sp³-hybridized carbons (Fsp3) is 0.500. The van der Waals surface area contributed by atoms with Crippen LogP contribution in [0.15, 0.2) is 72.8 Å². The van der Waals surface area contributed by atoms with Crippen molar-refractivity contribution in [1.82, 2.24) is 16.0 Å². The van der Waals surface area contributed by atoms with Gasteiger partial charge in [0.1, 0.15) is 34.1 Å². The highest BCUT2D eigenvalue weighted by molar-refractivity contribution is 5.68. The number of carbonyl (C=O) groups excluding carboxylic acids is 3. The Balaban J connectivity index is 0.000000833. The van der Waals surface area contributed by atoms with Crippen molar-refractivity contribution in [3.05, 3.63) is 98.8 Å². The Morgan fingerprint density at radius 1 is 0.581 bits per heavy atom. The van der Waals surface area contributed by atoms with E-state index in [4.69, 9.17) is 34.5 Å². The van der Waals surface area contributed by atoms with Crippen LogP contribution in [0.25, 0.3) is 0 Å². The third kappa shape index (κ3) is 32.4. The van der Waals surface area contributed by atoms with E-state index in [1.165, 1.54) is 12.1 Å². The van der Waals surface area contributed by atoms with Crippen molar-refractivity contribution in [1.29, 1.82) is 0 Å². The molecule has 3 aromatic rings. The standard InChI is InChI=1S/C14H20N2O5.C14H22N2O3.C8H17NO3.C6H4FNO2/c1-14(2,3)21-13(17)15-9-4-10-20-12-7-5-11(6-8-12)16(18)19;1-14(2,3)19-13(17)16-9-4-10-18-12-7-5-11(15)6-8-12;1-8(2,3)12-7(11)9-5-4-6-10;7-5-1-3-6(4-2-5)8(9)10/h5-8H,4,9-10H2,1-3H3,(H,15,17);5-8H,4,9-10,15H2,1-3H3,(H,16,17);10H,4-6H2,1-3H3,(H,9,11);1-4H. The average Bonchev–Trinajstić information content (AvgIpc) is 3.14. The molecular formula is C42H63FN6O13. The van der Waals surface area contributed by atoms with Gasteiger partial charge in [0.25, 0.3) is 11.4 Å². The zero-order valence-corrected chi connectivity index (χ0v) is 37.0. The van der Waals surface area contributed by atoms with Crippen LogP contribution in [0.1, 0.15) is 81.6 Å². The molecule has 0 aliphatic rings. The lowest BCUT2D eigenvalue weighted by atomic mass is 10.2. The minimum Gasteiger partial charge on any atom is -0.494 e. The first-order chi connectivity index (χ1) is 28.8. The largest absolute Gasteiger partial charge is 0.494 e.